The molecule has 1 aromatic carbocycles. The fourth-order valence-electron chi connectivity index (χ4n) is 5.09. The van der Waals surface area contributed by atoms with Crippen LogP contribution in [0.2, 0.25) is 0 Å². The number of amides is 1. The van der Waals surface area contributed by atoms with Crippen LogP contribution in [-0.2, 0) is 16.1 Å². The number of fused-ring (bicyclic) bond motifs is 1. The van der Waals surface area contributed by atoms with E-state index in [1.54, 1.807) is 4.90 Å². The molecule has 0 spiro atoms. The molecule has 0 unspecified atom stereocenters. The monoisotopic (exact) mass is 378 g/mol. The molecule has 7 heteroatoms. The van der Waals surface area contributed by atoms with Crippen LogP contribution in [-0.4, -0.2) is 53.0 Å². The van der Waals surface area contributed by atoms with Crippen molar-refractivity contribution in [1.29, 1.82) is 0 Å². The first kappa shape index (κ1) is 18.3. The standard InChI is InChI=1S/C20H24F2N2O3/c21-16-6-5-13(7-17(16)22)8-23-9-15-10-24(12-20(15,11-23)19(26)27)18(25)14-3-1-2-4-14/h5-7,14-15H,1-4,8-12H2,(H,26,27)/t15-,20-/m1/s1. The first-order valence-corrected chi connectivity index (χ1v) is 9.57. The first-order valence-electron chi connectivity index (χ1n) is 9.57. The van der Waals surface area contributed by atoms with Crippen LogP contribution in [0.4, 0.5) is 8.78 Å². The van der Waals surface area contributed by atoms with Gasteiger partial charge < -0.3 is 10.0 Å². The Morgan fingerprint density at radius 1 is 1.11 bits per heavy atom. The zero-order valence-electron chi connectivity index (χ0n) is 15.2. The molecule has 1 saturated carbocycles. The van der Waals surface area contributed by atoms with Crippen molar-refractivity contribution in [2.45, 2.75) is 32.2 Å². The van der Waals surface area contributed by atoms with Gasteiger partial charge in [-0.05, 0) is 30.5 Å². The molecule has 3 aliphatic rings. The Labute approximate surface area is 156 Å². The van der Waals surface area contributed by atoms with Crippen molar-refractivity contribution >= 4 is 11.9 Å². The third kappa shape index (κ3) is 3.22. The number of aliphatic carboxylic acids is 1. The Balaban J connectivity index is 1.46. The number of likely N-dealkylation sites (tertiary alicyclic amines) is 2. The quantitative estimate of drug-likeness (QED) is 0.875. The second kappa shape index (κ2) is 6.86. The number of benzene rings is 1. The molecule has 4 rings (SSSR count). The molecule has 3 fully saturated rings. The van der Waals surface area contributed by atoms with E-state index >= 15 is 0 Å². The predicted molar refractivity (Wildman–Crippen MR) is 93.7 cm³/mol. The Morgan fingerprint density at radius 2 is 1.85 bits per heavy atom. The molecule has 2 saturated heterocycles. The molecule has 1 aliphatic carbocycles. The van der Waals surface area contributed by atoms with Crippen LogP contribution in [0.1, 0.15) is 31.2 Å². The lowest BCUT2D eigenvalue weighted by Gasteiger charge is -2.27. The Hall–Kier alpha value is -2.02. The van der Waals surface area contributed by atoms with Crippen molar-refractivity contribution < 1.29 is 23.5 Å². The summed E-state index contributed by atoms with van der Waals surface area (Å²) in [4.78, 5) is 28.6. The highest BCUT2D eigenvalue weighted by Gasteiger charge is 2.58. The van der Waals surface area contributed by atoms with Crippen molar-refractivity contribution in [1.82, 2.24) is 9.80 Å². The predicted octanol–water partition coefficient (Wildman–Crippen LogP) is 2.50. The number of rotatable bonds is 4. The summed E-state index contributed by atoms with van der Waals surface area (Å²) in [5.74, 6) is -2.64. The number of carbonyl (C=O) groups excluding carboxylic acids is 1. The molecule has 0 radical (unpaired) electrons. The van der Waals surface area contributed by atoms with Gasteiger partial charge in [-0.2, -0.15) is 0 Å². The molecular weight excluding hydrogens is 354 g/mol. The van der Waals surface area contributed by atoms with Crippen molar-refractivity contribution in [2.75, 3.05) is 26.2 Å². The van der Waals surface area contributed by atoms with E-state index in [-0.39, 0.29) is 24.3 Å². The molecule has 146 valence electrons. The lowest BCUT2D eigenvalue weighted by molar-refractivity contribution is -0.149. The van der Waals surface area contributed by atoms with Gasteiger partial charge in [0.15, 0.2) is 11.6 Å². The summed E-state index contributed by atoms with van der Waals surface area (Å²) in [6, 6.07) is 3.78. The maximum absolute atomic E-state index is 13.4. The van der Waals surface area contributed by atoms with Crippen molar-refractivity contribution in [3.8, 4) is 0 Å². The third-order valence-corrected chi connectivity index (χ3v) is 6.51. The van der Waals surface area contributed by atoms with E-state index in [4.69, 9.17) is 0 Å². The van der Waals surface area contributed by atoms with Gasteiger partial charge in [0.2, 0.25) is 5.91 Å². The minimum absolute atomic E-state index is 0.0490. The van der Waals surface area contributed by atoms with Crippen molar-refractivity contribution in [2.24, 2.45) is 17.3 Å². The van der Waals surface area contributed by atoms with Gasteiger partial charge in [-0.1, -0.05) is 18.9 Å². The van der Waals surface area contributed by atoms with Gasteiger partial charge in [0.1, 0.15) is 5.41 Å². The molecule has 2 heterocycles. The SMILES string of the molecule is O=C(C1CCCC1)N1C[C@H]2CN(Cc3ccc(F)c(F)c3)C[C@@]2(C(=O)O)C1. The van der Waals surface area contributed by atoms with Crippen molar-refractivity contribution in [3.63, 3.8) is 0 Å². The number of nitrogens with zero attached hydrogens (tertiary/aromatic N) is 2. The number of carbonyl (C=O) groups is 2. The highest BCUT2D eigenvalue weighted by atomic mass is 19.2. The molecule has 2 aliphatic heterocycles. The van der Waals surface area contributed by atoms with Crippen LogP contribution in [0.25, 0.3) is 0 Å². The molecule has 1 amide bonds. The van der Waals surface area contributed by atoms with Crippen LogP contribution in [0.15, 0.2) is 18.2 Å². The lowest BCUT2D eigenvalue weighted by Crippen LogP contribution is -2.42. The lowest BCUT2D eigenvalue weighted by atomic mass is 9.81. The maximum Gasteiger partial charge on any atom is 0.313 e. The number of halogens is 2. The van der Waals surface area contributed by atoms with Crippen LogP contribution in [0.5, 0.6) is 0 Å². The second-order valence-electron chi connectivity index (χ2n) is 8.28. The summed E-state index contributed by atoms with van der Waals surface area (Å²) in [6.45, 7) is 1.95. The Morgan fingerprint density at radius 3 is 2.48 bits per heavy atom. The normalized spacial score (nSPS) is 28.7. The topological polar surface area (TPSA) is 60.9 Å². The Kier molecular flexibility index (Phi) is 4.66. The number of hydrogen-bond acceptors (Lipinski definition) is 3. The highest BCUT2D eigenvalue weighted by molar-refractivity contribution is 5.83. The van der Waals surface area contributed by atoms with Crippen LogP contribution in [0, 0.1) is 28.9 Å². The molecule has 2 atom stereocenters. The molecular formula is C20H24F2N2O3. The minimum Gasteiger partial charge on any atom is -0.481 e. The molecule has 1 N–H and O–H groups in total. The highest BCUT2D eigenvalue weighted by Crippen LogP contribution is 2.44. The molecule has 0 aromatic heterocycles. The number of hydrogen-bond donors (Lipinski definition) is 1. The zero-order chi connectivity index (χ0) is 19.2. The first-order chi connectivity index (χ1) is 12.9. The second-order valence-corrected chi connectivity index (χ2v) is 8.28. The van der Waals surface area contributed by atoms with E-state index in [1.165, 1.54) is 6.07 Å². The smallest absolute Gasteiger partial charge is 0.313 e. The summed E-state index contributed by atoms with van der Waals surface area (Å²) in [7, 11) is 0. The van der Waals surface area contributed by atoms with Gasteiger partial charge in [-0.3, -0.25) is 14.5 Å². The average Bonchev–Trinajstić information content (AvgIpc) is 3.32. The van der Waals surface area contributed by atoms with Crippen LogP contribution >= 0.6 is 0 Å². The fourth-order valence-corrected chi connectivity index (χ4v) is 5.09. The van der Waals surface area contributed by atoms with Gasteiger partial charge in [0, 0.05) is 44.6 Å². The van der Waals surface area contributed by atoms with E-state index in [0.29, 0.717) is 31.7 Å². The van der Waals surface area contributed by atoms with Crippen molar-refractivity contribution in [3.05, 3.63) is 35.4 Å². The van der Waals surface area contributed by atoms with Gasteiger partial charge in [-0.25, -0.2) is 8.78 Å². The van der Waals surface area contributed by atoms with E-state index in [0.717, 1.165) is 37.8 Å². The van der Waals surface area contributed by atoms with Gasteiger partial charge in [0.25, 0.3) is 0 Å². The van der Waals surface area contributed by atoms with Gasteiger partial charge in [0.05, 0.1) is 0 Å². The van der Waals surface area contributed by atoms with E-state index in [1.807, 2.05) is 4.90 Å². The summed E-state index contributed by atoms with van der Waals surface area (Å²) < 4.78 is 26.6. The van der Waals surface area contributed by atoms with E-state index in [9.17, 15) is 23.5 Å². The molecule has 0 bridgehead atoms. The summed E-state index contributed by atoms with van der Waals surface area (Å²) in [6.07, 6.45) is 3.95. The molecule has 1 aromatic rings. The van der Waals surface area contributed by atoms with Gasteiger partial charge >= 0.3 is 5.97 Å². The Bertz CT molecular complexity index is 766. The fraction of sp³-hybridized carbons (Fsp3) is 0.600. The van der Waals surface area contributed by atoms with E-state index < -0.39 is 23.0 Å². The average molecular weight is 378 g/mol. The largest absolute Gasteiger partial charge is 0.481 e. The van der Waals surface area contributed by atoms with E-state index in [2.05, 4.69) is 0 Å². The molecule has 5 nitrogen and oxygen atoms in total. The number of carboxylic acids is 1. The number of carboxylic acid groups (broad SMARTS) is 1. The van der Waals surface area contributed by atoms with Gasteiger partial charge in [-0.15, -0.1) is 0 Å². The summed E-state index contributed by atoms with van der Waals surface area (Å²) in [5, 5.41) is 9.93. The van der Waals surface area contributed by atoms with Crippen LogP contribution in [0.3, 0.4) is 0 Å². The molecule has 27 heavy (non-hydrogen) atoms. The third-order valence-electron chi connectivity index (χ3n) is 6.51. The zero-order valence-corrected chi connectivity index (χ0v) is 15.2. The maximum atomic E-state index is 13.4. The summed E-state index contributed by atoms with van der Waals surface area (Å²) >= 11 is 0. The minimum atomic E-state index is -0.965. The van der Waals surface area contributed by atoms with Crippen LogP contribution < -0.4 is 0 Å². The summed E-state index contributed by atoms with van der Waals surface area (Å²) in [5.41, 5.74) is -0.347.